The van der Waals surface area contributed by atoms with Crippen LogP contribution in [0.1, 0.15) is 58.9 Å². The standard InChI is InChI=1S/C21H26N4OS/c1-5-7-19-16(6-2)12-20(27-19)21(26)24(4)15(3)17-8-10-18(11-9-17)25-14-22-13-23-25/h8-15H,5-7H2,1-4H3/t15-/m0/s1. The van der Waals surface area contributed by atoms with Crippen molar-refractivity contribution in [3.63, 3.8) is 0 Å². The molecule has 0 fully saturated rings. The molecule has 0 saturated heterocycles. The number of hydrogen-bond acceptors (Lipinski definition) is 4. The minimum Gasteiger partial charge on any atom is -0.334 e. The molecule has 3 rings (SSSR count). The van der Waals surface area contributed by atoms with E-state index in [2.05, 4.69) is 36.9 Å². The summed E-state index contributed by atoms with van der Waals surface area (Å²) in [5, 5.41) is 4.14. The monoisotopic (exact) mass is 382 g/mol. The van der Waals surface area contributed by atoms with Gasteiger partial charge in [-0.2, -0.15) is 5.10 Å². The average molecular weight is 383 g/mol. The fourth-order valence-electron chi connectivity index (χ4n) is 3.13. The lowest BCUT2D eigenvalue weighted by atomic mass is 10.1. The summed E-state index contributed by atoms with van der Waals surface area (Å²) in [5.41, 5.74) is 3.35. The fraction of sp³-hybridized carbons (Fsp3) is 0.381. The molecule has 0 spiro atoms. The molecule has 5 nitrogen and oxygen atoms in total. The first-order valence-electron chi connectivity index (χ1n) is 9.38. The number of nitrogens with zero attached hydrogens (tertiary/aromatic N) is 4. The minimum atomic E-state index is -0.0101. The first-order valence-corrected chi connectivity index (χ1v) is 10.2. The maximum absolute atomic E-state index is 13.0. The highest BCUT2D eigenvalue weighted by atomic mass is 32.1. The quantitative estimate of drug-likeness (QED) is 0.596. The van der Waals surface area contributed by atoms with Crippen LogP contribution in [0.4, 0.5) is 0 Å². The van der Waals surface area contributed by atoms with Gasteiger partial charge in [-0.3, -0.25) is 4.79 Å². The average Bonchev–Trinajstić information content (AvgIpc) is 3.37. The van der Waals surface area contributed by atoms with E-state index >= 15 is 0 Å². The Morgan fingerprint density at radius 3 is 2.59 bits per heavy atom. The number of carbonyl (C=O) groups excluding carboxylic acids is 1. The van der Waals surface area contributed by atoms with Crippen molar-refractivity contribution in [2.45, 2.75) is 46.1 Å². The van der Waals surface area contributed by atoms with E-state index in [1.54, 1.807) is 22.3 Å². The van der Waals surface area contributed by atoms with Crippen LogP contribution < -0.4 is 0 Å². The summed E-state index contributed by atoms with van der Waals surface area (Å²) in [6, 6.07) is 10.1. The minimum absolute atomic E-state index is 0.0101. The molecule has 2 heterocycles. The van der Waals surface area contributed by atoms with Crippen LogP contribution >= 0.6 is 11.3 Å². The van der Waals surface area contributed by atoms with Gasteiger partial charge in [0, 0.05) is 11.9 Å². The Balaban J connectivity index is 1.76. The van der Waals surface area contributed by atoms with Gasteiger partial charge in [-0.05, 0) is 49.1 Å². The lowest BCUT2D eigenvalue weighted by Gasteiger charge is -2.25. The first kappa shape index (κ1) is 19.3. The second kappa shape index (κ2) is 8.48. The zero-order valence-electron chi connectivity index (χ0n) is 16.3. The molecule has 0 saturated carbocycles. The highest BCUT2D eigenvalue weighted by molar-refractivity contribution is 7.14. The van der Waals surface area contributed by atoms with E-state index in [1.807, 2.05) is 36.2 Å². The summed E-state index contributed by atoms with van der Waals surface area (Å²) >= 11 is 1.65. The van der Waals surface area contributed by atoms with Crippen LogP contribution in [0.25, 0.3) is 5.69 Å². The van der Waals surface area contributed by atoms with Crippen LogP contribution in [0.2, 0.25) is 0 Å². The Hall–Kier alpha value is -2.47. The number of amides is 1. The fourth-order valence-corrected chi connectivity index (χ4v) is 4.47. The maximum atomic E-state index is 13.0. The molecule has 1 aromatic carbocycles. The first-order chi connectivity index (χ1) is 13.0. The number of thiophene rings is 1. The van der Waals surface area contributed by atoms with Crippen molar-refractivity contribution in [3.8, 4) is 5.69 Å². The molecule has 1 amide bonds. The van der Waals surface area contributed by atoms with E-state index < -0.39 is 0 Å². The third-order valence-corrected chi connectivity index (χ3v) is 6.15. The Morgan fingerprint density at radius 1 is 1.26 bits per heavy atom. The maximum Gasteiger partial charge on any atom is 0.264 e. The summed E-state index contributed by atoms with van der Waals surface area (Å²) in [7, 11) is 1.88. The molecule has 27 heavy (non-hydrogen) atoms. The molecule has 6 heteroatoms. The molecule has 0 unspecified atom stereocenters. The van der Waals surface area contributed by atoms with Crippen LogP contribution in [0.3, 0.4) is 0 Å². The molecule has 0 radical (unpaired) electrons. The van der Waals surface area contributed by atoms with E-state index in [9.17, 15) is 4.79 Å². The Kier molecular flexibility index (Phi) is 6.06. The molecular formula is C21H26N4OS. The van der Waals surface area contributed by atoms with Gasteiger partial charge < -0.3 is 4.90 Å². The van der Waals surface area contributed by atoms with E-state index in [1.165, 1.54) is 16.8 Å². The largest absolute Gasteiger partial charge is 0.334 e. The summed E-state index contributed by atoms with van der Waals surface area (Å²) in [4.78, 5) is 21.0. The van der Waals surface area contributed by atoms with E-state index in [0.29, 0.717) is 0 Å². The second-order valence-electron chi connectivity index (χ2n) is 6.69. The molecule has 0 aliphatic rings. The Labute approximate surface area is 164 Å². The lowest BCUT2D eigenvalue weighted by Crippen LogP contribution is -2.29. The predicted octanol–water partition coefficient (Wildman–Crippen LogP) is 4.68. The lowest BCUT2D eigenvalue weighted by molar-refractivity contribution is 0.0747. The number of aromatic nitrogens is 3. The van der Waals surface area contributed by atoms with Crippen LogP contribution in [0.5, 0.6) is 0 Å². The molecule has 3 aromatic rings. The van der Waals surface area contributed by atoms with Crippen LogP contribution in [0, 0.1) is 0 Å². The number of aryl methyl sites for hydroxylation is 2. The van der Waals surface area contributed by atoms with Crippen molar-refractivity contribution in [2.75, 3.05) is 7.05 Å². The van der Waals surface area contributed by atoms with Gasteiger partial charge in [0.25, 0.3) is 5.91 Å². The van der Waals surface area contributed by atoms with Gasteiger partial charge in [0.1, 0.15) is 12.7 Å². The molecule has 0 aliphatic heterocycles. The summed E-state index contributed by atoms with van der Waals surface area (Å²) in [5.74, 6) is 0.0879. The molecule has 1 atom stereocenters. The number of carbonyl (C=O) groups is 1. The normalized spacial score (nSPS) is 12.1. The van der Waals surface area contributed by atoms with Gasteiger partial charge in [-0.15, -0.1) is 11.3 Å². The zero-order chi connectivity index (χ0) is 19.4. The van der Waals surface area contributed by atoms with Gasteiger partial charge in [0.15, 0.2) is 0 Å². The zero-order valence-corrected chi connectivity index (χ0v) is 17.2. The molecule has 0 aliphatic carbocycles. The van der Waals surface area contributed by atoms with E-state index in [0.717, 1.165) is 35.4 Å². The Morgan fingerprint density at radius 2 is 2.00 bits per heavy atom. The van der Waals surface area contributed by atoms with E-state index in [-0.39, 0.29) is 11.9 Å². The molecule has 142 valence electrons. The topological polar surface area (TPSA) is 51.0 Å². The third-order valence-electron chi connectivity index (χ3n) is 4.93. The van der Waals surface area contributed by atoms with Gasteiger partial charge in [-0.1, -0.05) is 32.4 Å². The van der Waals surface area contributed by atoms with Crippen molar-refractivity contribution in [1.82, 2.24) is 19.7 Å². The molecule has 0 N–H and O–H groups in total. The van der Waals surface area contributed by atoms with Crippen LogP contribution in [-0.4, -0.2) is 32.6 Å². The van der Waals surface area contributed by atoms with Gasteiger partial charge in [-0.25, -0.2) is 9.67 Å². The van der Waals surface area contributed by atoms with Crippen molar-refractivity contribution < 1.29 is 4.79 Å². The van der Waals surface area contributed by atoms with Crippen LogP contribution in [-0.2, 0) is 12.8 Å². The van der Waals surface area contributed by atoms with Crippen molar-refractivity contribution in [2.24, 2.45) is 0 Å². The van der Waals surface area contributed by atoms with Gasteiger partial charge >= 0.3 is 0 Å². The third kappa shape index (κ3) is 4.11. The Bertz CT molecular complexity index is 884. The smallest absolute Gasteiger partial charge is 0.264 e. The predicted molar refractivity (Wildman–Crippen MR) is 110 cm³/mol. The molecule has 0 bridgehead atoms. The number of rotatable bonds is 7. The van der Waals surface area contributed by atoms with Crippen molar-refractivity contribution in [3.05, 3.63) is 63.9 Å². The highest BCUT2D eigenvalue weighted by Crippen LogP contribution is 2.28. The van der Waals surface area contributed by atoms with Crippen molar-refractivity contribution >= 4 is 17.2 Å². The van der Waals surface area contributed by atoms with Crippen LogP contribution in [0.15, 0.2) is 43.0 Å². The highest BCUT2D eigenvalue weighted by Gasteiger charge is 2.22. The van der Waals surface area contributed by atoms with Gasteiger partial charge in [0.05, 0.1) is 16.6 Å². The SMILES string of the molecule is CCCc1sc(C(=O)N(C)[C@@H](C)c2ccc(-n3cncn3)cc2)cc1CC. The number of hydrogen-bond donors (Lipinski definition) is 0. The number of benzene rings is 1. The second-order valence-corrected chi connectivity index (χ2v) is 7.82. The van der Waals surface area contributed by atoms with Crippen molar-refractivity contribution in [1.29, 1.82) is 0 Å². The van der Waals surface area contributed by atoms with E-state index in [4.69, 9.17) is 0 Å². The summed E-state index contributed by atoms with van der Waals surface area (Å²) in [6.07, 6.45) is 6.31. The molecular weight excluding hydrogens is 356 g/mol. The summed E-state index contributed by atoms with van der Waals surface area (Å²) < 4.78 is 1.72. The molecule has 2 aromatic heterocycles. The van der Waals surface area contributed by atoms with Gasteiger partial charge in [0.2, 0.25) is 0 Å². The summed E-state index contributed by atoms with van der Waals surface area (Å²) in [6.45, 7) is 6.39.